The van der Waals surface area contributed by atoms with Gasteiger partial charge in [0, 0.05) is 11.6 Å². The van der Waals surface area contributed by atoms with Crippen LogP contribution in [-0.4, -0.2) is 47.8 Å². The molecule has 8 N–H and O–H groups in total. The van der Waals surface area contributed by atoms with Crippen LogP contribution in [0, 0.1) is 0 Å². The predicted octanol–water partition coefficient (Wildman–Crippen LogP) is -3.52. The Kier molecular flexibility index (Phi) is 8.66. The van der Waals surface area contributed by atoms with Gasteiger partial charge in [0.05, 0.1) is 12.8 Å². The molecule has 0 rings (SSSR count). The van der Waals surface area contributed by atoms with Crippen LogP contribution in [0.2, 0.25) is 0 Å². The molecule has 0 radical (unpaired) electrons. The zero-order chi connectivity index (χ0) is 19.7. The summed E-state index contributed by atoms with van der Waals surface area (Å²) in [5.41, 5.74) is 19.8. The van der Waals surface area contributed by atoms with Crippen molar-refractivity contribution in [3.8, 4) is 0 Å². The van der Waals surface area contributed by atoms with Crippen molar-refractivity contribution in [1.29, 1.82) is 0 Å². The van der Waals surface area contributed by atoms with Gasteiger partial charge in [-0.15, -0.1) is 0 Å². The topological polar surface area (TPSA) is 225 Å². The Labute approximate surface area is 141 Å². The largest absolute Gasteiger partial charge is 0.389 e. The van der Waals surface area contributed by atoms with Gasteiger partial charge in [0.25, 0.3) is 0 Å². The van der Waals surface area contributed by atoms with Crippen molar-refractivity contribution in [2.24, 2.45) is 22.9 Å². The molecule has 0 fully saturated rings. The van der Waals surface area contributed by atoms with E-state index < -0.39 is 66.2 Å². The molecule has 0 saturated carbocycles. The Morgan fingerprint density at radius 2 is 1.24 bits per heavy atom. The maximum atomic E-state index is 11.6. The second-order valence-corrected chi connectivity index (χ2v) is 4.83. The summed E-state index contributed by atoms with van der Waals surface area (Å²) in [6, 6.07) is -2.90. The van der Waals surface area contributed by atoms with Crippen LogP contribution in [-0.2, 0) is 38.2 Å². The molecule has 0 aliphatic heterocycles. The molecule has 138 valence electrons. The second-order valence-electron chi connectivity index (χ2n) is 4.83. The molecule has 25 heavy (non-hydrogen) atoms. The van der Waals surface area contributed by atoms with E-state index in [2.05, 4.69) is 9.47 Å². The zero-order valence-electron chi connectivity index (χ0n) is 13.2. The van der Waals surface area contributed by atoms with E-state index in [1.54, 1.807) is 0 Å². The van der Waals surface area contributed by atoms with Gasteiger partial charge < -0.3 is 32.4 Å². The third-order valence-corrected chi connectivity index (χ3v) is 2.50. The minimum absolute atomic E-state index is 0.402. The van der Waals surface area contributed by atoms with Gasteiger partial charge in [-0.3, -0.25) is 9.59 Å². The highest BCUT2D eigenvalue weighted by Gasteiger charge is 2.23. The van der Waals surface area contributed by atoms with Crippen LogP contribution in [0.5, 0.6) is 0 Å². The van der Waals surface area contributed by atoms with Crippen LogP contribution in [0.1, 0.15) is 19.8 Å². The normalized spacial score (nSPS) is 13.3. The number of hydrogen-bond acceptors (Lipinski definition) is 10. The molecule has 0 bridgehead atoms. The number of esters is 4. The molecule has 2 amide bonds. The fourth-order valence-electron chi connectivity index (χ4n) is 1.29. The van der Waals surface area contributed by atoms with Crippen LogP contribution >= 0.6 is 0 Å². The molecule has 0 heterocycles. The van der Waals surface area contributed by atoms with Crippen molar-refractivity contribution in [3.63, 3.8) is 0 Å². The van der Waals surface area contributed by atoms with Gasteiger partial charge in [-0.25, -0.2) is 19.2 Å². The summed E-state index contributed by atoms with van der Waals surface area (Å²) < 4.78 is 8.60. The van der Waals surface area contributed by atoms with Gasteiger partial charge in [-0.1, -0.05) is 0 Å². The van der Waals surface area contributed by atoms with Crippen molar-refractivity contribution in [2.45, 2.75) is 31.8 Å². The van der Waals surface area contributed by atoms with E-state index in [-0.39, 0.29) is 0 Å². The number of rotatable bonds is 8. The third-order valence-electron chi connectivity index (χ3n) is 2.50. The van der Waals surface area contributed by atoms with E-state index in [1.165, 1.54) is 0 Å². The maximum absolute atomic E-state index is 11.6. The molecule has 0 aromatic heterocycles. The van der Waals surface area contributed by atoms with Crippen LogP contribution in [0.4, 0.5) is 0 Å². The lowest BCUT2D eigenvalue weighted by Crippen LogP contribution is -2.38. The third kappa shape index (κ3) is 8.92. The highest BCUT2D eigenvalue weighted by Crippen LogP contribution is 2.02. The summed E-state index contributed by atoms with van der Waals surface area (Å²) in [7, 11) is 0. The monoisotopic (exact) mass is 358 g/mol. The van der Waals surface area contributed by atoms with Crippen LogP contribution in [0.15, 0.2) is 11.6 Å². The lowest BCUT2D eigenvalue weighted by Gasteiger charge is -2.09. The van der Waals surface area contributed by atoms with Crippen molar-refractivity contribution >= 4 is 35.7 Å². The van der Waals surface area contributed by atoms with Crippen molar-refractivity contribution in [1.82, 2.24) is 0 Å². The first-order valence-corrected chi connectivity index (χ1v) is 6.71. The Morgan fingerprint density at radius 1 is 0.840 bits per heavy atom. The molecule has 0 aromatic carbocycles. The van der Waals surface area contributed by atoms with Crippen LogP contribution in [0.3, 0.4) is 0 Å². The van der Waals surface area contributed by atoms with Gasteiger partial charge >= 0.3 is 23.9 Å². The minimum atomic E-state index is -1.45. The van der Waals surface area contributed by atoms with Crippen LogP contribution in [0.25, 0.3) is 0 Å². The number of hydrogen-bond donors (Lipinski definition) is 4. The fraction of sp³-hybridized carbons (Fsp3) is 0.385. The van der Waals surface area contributed by atoms with E-state index in [0.717, 1.165) is 6.92 Å². The van der Waals surface area contributed by atoms with Gasteiger partial charge in [-0.05, 0) is 6.92 Å². The smallest absolute Gasteiger partial charge is 0.341 e. The Balaban J connectivity index is 4.68. The van der Waals surface area contributed by atoms with Crippen molar-refractivity contribution in [2.75, 3.05) is 0 Å². The number of carbonyl (C=O) groups excluding carboxylic acids is 6. The van der Waals surface area contributed by atoms with Crippen LogP contribution < -0.4 is 22.9 Å². The highest BCUT2D eigenvalue weighted by molar-refractivity contribution is 6.03. The molecule has 0 saturated heterocycles. The standard InChI is InChI=1S/C13H18N4O8/c1-5(11(21)25-13(23)7(15)4-9(17)19)2-10(20)24-12(22)6(14)3-8(16)18/h2,6-7H,3-4,14-15H2,1H3,(H2,16,18)(H2,17,19)/b5-2+/t6-,7-/m0/s1. The first kappa shape index (κ1) is 21.9. The summed E-state index contributed by atoms with van der Waals surface area (Å²) in [4.78, 5) is 67.0. The number of nitrogens with two attached hydrogens (primary N) is 4. The Morgan fingerprint density at radius 3 is 1.64 bits per heavy atom. The summed E-state index contributed by atoms with van der Waals surface area (Å²) >= 11 is 0. The average Bonchev–Trinajstić information content (AvgIpc) is 2.45. The summed E-state index contributed by atoms with van der Waals surface area (Å²) in [6.45, 7) is 1.09. The van der Waals surface area contributed by atoms with Gasteiger partial charge in [-0.2, -0.15) is 0 Å². The highest BCUT2D eigenvalue weighted by atomic mass is 16.6. The molecule has 12 nitrogen and oxygen atoms in total. The Bertz CT molecular complexity index is 628. The van der Waals surface area contributed by atoms with E-state index in [4.69, 9.17) is 22.9 Å². The summed E-state index contributed by atoms with van der Waals surface area (Å²) in [5.74, 6) is -6.76. The average molecular weight is 358 g/mol. The van der Waals surface area contributed by atoms with E-state index >= 15 is 0 Å². The molecule has 0 aromatic rings. The second kappa shape index (κ2) is 9.89. The molecule has 2 atom stereocenters. The lowest BCUT2D eigenvalue weighted by atomic mass is 10.2. The Hall–Kier alpha value is -3.12. The van der Waals surface area contributed by atoms with Crippen molar-refractivity contribution in [3.05, 3.63) is 11.6 Å². The molecular weight excluding hydrogens is 340 g/mol. The van der Waals surface area contributed by atoms with E-state index in [9.17, 15) is 28.8 Å². The SMILES string of the molecule is C/C(=C\C(=O)OC(=O)[C@@H](N)CC(N)=O)C(=O)OC(=O)[C@@H](N)CC(N)=O. The number of primary amides is 2. The number of amides is 2. The summed E-state index contributed by atoms with van der Waals surface area (Å²) in [5, 5.41) is 0. The molecule has 0 unspecified atom stereocenters. The zero-order valence-corrected chi connectivity index (χ0v) is 13.2. The van der Waals surface area contributed by atoms with Crippen molar-refractivity contribution < 1.29 is 38.2 Å². The summed E-state index contributed by atoms with van der Waals surface area (Å²) in [6.07, 6.45) is -0.517. The molecule has 0 aliphatic carbocycles. The molecule has 0 spiro atoms. The lowest BCUT2D eigenvalue weighted by molar-refractivity contribution is -0.160. The fourth-order valence-corrected chi connectivity index (χ4v) is 1.29. The van der Waals surface area contributed by atoms with E-state index in [0.29, 0.717) is 6.08 Å². The van der Waals surface area contributed by atoms with Gasteiger partial charge in [0.2, 0.25) is 11.8 Å². The van der Waals surface area contributed by atoms with Gasteiger partial charge in [0.1, 0.15) is 12.1 Å². The van der Waals surface area contributed by atoms with E-state index in [1.807, 2.05) is 0 Å². The minimum Gasteiger partial charge on any atom is -0.389 e. The van der Waals surface area contributed by atoms with Gasteiger partial charge in [0.15, 0.2) is 0 Å². The molecule has 12 heteroatoms. The number of carbonyl (C=O) groups is 6. The first-order valence-electron chi connectivity index (χ1n) is 6.71. The predicted molar refractivity (Wildman–Crippen MR) is 79.5 cm³/mol. The molecule has 0 aliphatic rings. The first-order chi connectivity index (χ1) is 11.4. The maximum Gasteiger partial charge on any atom is 0.341 e. The molecular formula is C13H18N4O8. The quantitative estimate of drug-likeness (QED) is 0.190. The number of ether oxygens (including phenoxy) is 2.